The fourth-order valence-corrected chi connectivity index (χ4v) is 3.04. The van der Waals surface area contributed by atoms with Gasteiger partial charge in [0.05, 0.1) is 7.11 Å². The first-order chi connectivity index (χ1) is 12.8. The van der Waals surface area contributed by atoms with Crippen molar-refractivity contribution in [3.63, 3.8) is 0 Å². The number of methoxy groups -OCH3 is 1. The largest absolute Gasteiger partial charge is 0.494 e. The van der Waals surface area contributed by atoms with Gasteiger partial charge in [-0.25, -0.2) is 9.37 Å². The SMILES string of the molecule is COc1ccc(Nc2cc(C(F)(F)F)nc(NC3CCCCC3)n2)cc1F. The van der Waals surface area contributed by atoms with Crippen LogP contribution in [0.2, 0.25) is 0 Å². The maximum absolute atomic E-state index is 13.8. The van der Waals surface area contributed by atoms with Crippen molar-refractivity contribution in [2.24, 2.45) is 0 Å². The molecule has 0 spiro atoms. The van der Waals surface area contributed by atoms with Crippen LogP contribution in [0, 0.1) is 5.82 Å². The lowest BCUT2D eigenvalue weighted by Gasteiger charge is -2.23. The van der Waals surface area contributed by atoms with Crippen molar-refractivity contribution in [2.45, 2.75) is 44.3 Å². The Kier molecular flexibility index (Phi) is 5.67. The highest BCUT2D eigenvalue weighted by Crippen LogP contribution is 2.31. The smallest absolute Gasteiger partial charge is 0.433 e. The van der Waals surface area contributed by atoms with Gasteiger partial charge in [-0.2, -0.15) is 18.2 Å². The Morgan fingerprint density at radius 1 is 1.07 bits per heavy atom. The minimum Gasteiger partial charge on any atom is -0.494 e. The van der Waals surface area contributed by atoms with E-state index in [4.69, 9.17) is 4.74 Å². The molecule has 0 unspecified atom stereocenters. The van der Waals surface area contributed by atoms with Crippen LogP contribution in [0.1, 0.15) is 37.8 Å². The Bertz CT molecular complexity index is 791. The molecule has 1 aromatic heterocycles. The van der Waals surface area contributed by atoms with Crippen LogP contribution in [-0.4, -0.2) is 23.1 Å². The van der Waals surface area contributed by atoms with Crippen molar-refractivity contribution in [2.75, 3.05) is 17.7 Å². The second kappa shape index (κ2) is 7.98. The van der Waals surface area contributed by atoms with Crippen LogP contribution in [-0.2, 0) is 6.18 Å². The number of nitrogens with one attached hydrogen (secondary N) is 2. The summed E-state index contributed by atoms with van der Waals surface area (Å²) < 4.78 is 58.3. The fourth-order valence-electron chi connectivity index (χ4n) is 3.04. The molecule has 1 aromatic carbocycles. The molecule has 1 aliphatic carbocycles. The fraction of sp³-hybridized carbons (Fsp3) is 0.444. The first-order valence-corrected chi connectivity index (χ1v) is 8.68. The van der Waals surface area contributed by atoms with Crippen LogP contribution in [0.5, 0.6) is 5.75 Å². The van der Waals surface area contributed by atoms with Crippen molar-refractivity contribution >= 4 is 17.5 Å². The molecule has 1 heterocycles. The molecule has 1 aliphatic rings. The lowest BCUT2D eigenvalue weighted by molar-refractivity contribution is -0.141. The van der Waals surface area contributed by atoms with E-state index in [1.807, 2.05) is 0 Å². The highest BCUT2D eigenvalue weighted by atomic mass is 19.4. The molecule has 2 N–H and O–H groups in total. The van der Waals surface area contributed by atoms with Gasteiger partial charge in [0.25, 0.3) is 0 Å². The summed E-state index contributed by atoms with van der Waals surface area (Å²) in [6.45, 7) is 0. The zero-order valence-electron chi connectivity index (χ0n) is 14.7. The first-order valence-electron chi connectivity index (χ1n) is 8.68. The third kappa shape index (κ3) is 4.99. The molecule has 1 saturated carbocycles. The monoisotopic (exact) mass is 384 g/mol. The van der Waals surface area contributed by atoms with E-state index in [9.17, 15) is 17.6 Å². The zero-order chi connectivity index (χ0) is 19.4. The lowest BCUT2D eigenvalue weighted by Crippen LogP contribution is -2.24. The average molecular weight is 384 g/mol. The Balaban J connectivity index is 1.86. The summed E-state index contributed by atoms with van der Waals surface area (Å²) in [6, 6.07) is 4.85. The van der Waals surface area contributed by atoms with Crippen LogP contribution in [0.25, 0.3) is 0 Å². The molecule has 0 bridgehead atoms. The Morgan fingerprint density at radius 2 is 1.81 bits per heavy atom. The average Bonchev–Trinajstić information content (AvgIpc) is 2.62. The number of hydrogen-bond acceptors (Lipinski definition) is 5. The van der Waals surface area contributed by atoms with Crippen molar-refractivity contribution < 1.29 is 22.3 Å². The number of rotatable bonds is 5. The predicted molar refractivity (Wildman–Crippen MR) is 93.8 cm³/mol. The van der Waals surface area contributed by atoms with Crippen LogP contribution in [0.15, 0.2) is 24.3 Å². The highest BCUT2D eigenvalue weighted by molar-refractivity contribution is 5.59. The van der Waals surface area contributed by atoms with Gasteiger partial charge in [0.15, 0.2) is 17.3 Å². The molecule has 0 aliphatic heterocycles. The van der Waals surface area contributed by atoms with Gasteiger partial charge in [-0.1, -0.05) is 19.3 Å². The summed E-state index contributed by atoms with van der Waals surface area (Å²) in [5.41, 5.74) is -0.809. The van der Waals surface area contributed by atoms with Crippen molar-refractivity contribution in [1.29, 1.82) is 0 Å². The van der Waals surface area contributed by atoms with Gasteiger partial charge in [0, 0.05) is 23.9 Å². The molecule has 5 nitrogen and oxygen atoms in total. The number of benzene rings is 1. The van der Waals surface area contributed by atoms with Gasteiger partial charge in [-0.15, -0.1) is 0 Å². The van der Waals surface area contributed by atoms with Gasteiger partial charge in [-0.3, -0.25) is 0 Å². The van der Waals surface area contributed by atoms with E-state index in [0.29, 0.717) is 0 Å². The molecular weight excluding hydrogens is 364 g/mol. The number of halogens is 4. The number of anilines is 3. The number of alkyl halides is 3. The van der Waals surface area contributed by atoms with Crippen LogP contribution >= 0.6 is 0 Å². The summed E-state index contributed by atoms with van der Waals surface area (Å²) in [4.78, 5) is 7.73. The quantitative estimate of drug-likeness (QED) is 0.700. The Morgan fingerprint density at radius 3 is 2.44 bits per heavy atom. The summed E-state index contributed by atoms with van der Waals surface area (Å²) >= 11 is 0. The van der Waals surface area contributed by atoms with E-state index in [1.165, 1.54) is 19.2 Å². The summed E-state index contributed by atoms with van der Waals surface area (Å²) in [5, 5.41) is 5.69. The van der Waals surface area contributed by atoms with E-state index in [0.717, 1.165) is 44.2 Å². The summed E-state index contributed by atoms with van der Waals surface area (Å²) in [5.74, 6) is -0.750. The lowest BCUT2D eigenvalue weighted by atomic mass is 9.96. The number of hydrogen-bond donors (Lipinski definition) is 2. The van der Waals surface area contributed by atoms with Gasteiger partial charge < -0.3 is 15.4 Å². The minimum atomic E-state index is -4.62. The third-order valence-electron chi connectivity index (χ3n) is 4.38. The van der Waals surface area contributed by atoms with E-state index >= 15 is 0 Å². The van der Waals surface area contributed by atoms with E-state index < -0.39 is 17.7 Å². The Labute approximate surface area is 154 Å². The van der Waals surface area contributed by atoms with Gasteiger partial charge >= 0.3 is 6.18 Å². The van der Waals surface area contributed by atoms with Gasteiger partial charge in [-0.05, 0) is 25.0 Å². The molecule has 9 heteroatoms. The van der Waals surface area contributed by atoms with E-state index in [1.54, 1.807) is 0 Å². The van der Waals surface area contributed by atoms with Crippen molar-refractivity contribution in [3.05, 3.63) is 35.8 Å². The number of nitrogens with zero attached hydrogens (tertiary/aromatic N) is 2. The van der Waals surface area contributed by atoms with E-state index in [2.05, 4.69) is 20.6 Å². The molecular formula is C18H20F4N4O. The normalized spacial score (nSPS) is 15.4. The molecule has 3 rings (SSSR count). The maximum Gasteiger partial charge on any atom is 0.433 e. The number of ether oxygens (including phenoxy) is 1. The summed E-state index contributed by atoms with van der Waals surface area (Å²) in [6.07, 6.45) is 0.281. The standard InChI is InChI=1S/C18H20F4N4O/c1-27-14-8-7-12(9-13(14)19)23-16-10-15(18(20,21)22)25-17(26-16)24-11-5-3-2-4-6-11/h7-11H,2-6H2,1H3,(H2,23,24,25,26). The first kappa shape index (κ1) is 19.2. The molecule has 2 aromatic rings. The second-order valence-electron chi connectivity index (χ2n) is 6.41. The maximum atomic E-state index is 13.8. The van der Waals surface area contributed by atoms with Crippen molar-refractivity contribution in [3.8, 4) is 5.75 Å². The van der Waals surface area contributed by atoms with Crippen LogP contribution in [0.3, 0.4) is 0 Å². The second-order valence-corrected chi connectivity index (χ2v) is 6.41. The predicted octanol–water partition coefficient (Wildman–Crippen LogP) is 5.13. The van der Waals surface area contributed by atoms with Gasteiger partial charge in [0.1, 0.15) is 5.82 Å². The highest BCUT2D eigenvalue weighted by Gasteiger charge is 2.34. The summed E-state index contributed by atoms with van der Waals surface area (Å²) in [7, 11) is 1.33. The zero-order valence-corrected chi connectivity index (χ0v) is 14.7. The topological polar surface area (TPSA) is 59.1 Å². The molecule has 0 radical (unpaired) electrons. The molecule has 0 saturated heterocycles. The Hall–Kier alpha value is -2.58. The molecule has 0 atom stereocenters. The van der Waals surface area contributed by atoms with Crippen LogP contribution < -0.4 is 15.4 Å². The van der Waals surface area contributed by atoms with Crippen molar-refractivity contribution in [1.82, 2.24) is 9.97 Å². The molecule has 27 heavy (non-hydrogen) atoms. The minimum absolute atomic E-state index is 0.0406. The van der Waals surface area contributed by atoms with E-state index in [-0.39, 0.29) is 29.2 Å². The molecule has 0 amide bonds. The molecule has 146 valence electrons. The number of aromatic nitrogens is 2. The molecule has 1 fully saturated rings. The van der Waals surface area contributed by atoms with Gasteiger partial charge in [0.2, 0.25) is 5.95 Å². The third-order valence-corrected chi connectivity index (χ3v) is 4.38. The van der Waals surface area contributed by atoms with Crippen LogP contribution in [0.4, 0.5) is 35.0 Å².